The highest BCUT2D eigenvalue weighted by atomic mass is 16.5. The molecule has 0 saturated carbocycles. The minimum absolute atomic E-state index is 0.0335. The number of carboxylic acid groups (broad SMARTS) is 1. The summed E-state index contributed by atoms with van der Waals surface area (Å²) in [5.41, 5.74) is -0.890. The van der Waals surface area contributed by atoms with Crippen LogP contribution in [0.25, 0.3) is 0 Å². The molecule has 0 aliphatic rings. The zero-order valence-electron chi connectivity index (χ0n) is 9.23. The highest BCUT2D eigenvalue weighted by Crippen LogP contribution is 2.19. The van der Waals surface area contributed by atoms with Crippen LogP contribution in [0.1, 0.15) is 13.3 Å². The first-order chi connectivity index (χ1) is 7.43. The van der Waals surface area contributed by atoms with Crippen LogP contribution in [0.5, 0.6) is 0 Å². The van der Waals surface area contributed by atoms with Gasteiger partial charge in [0.15, 0.2) is 0 Å². The van der Waals surface area contributed by atoms with E-state index in [2.05, 4.69) is 16.6 Å². The Morgan fingerprint density at radius 1 is 1.56 bits per heavy atom. The molecular formula is C10H17NO5. The maximum atomic E-state index is 11.0. The summed E-state index contributed by atoms with van der Waals surface area (Å²) in [5, 5.41) is 20.1. The van der Waals surface area contributed by atoms with Gasteiger partial charge in [0, 0.05) is 12.0 Å². The van der Waals surface area contributed by atoms with Gasteiger partial charge in [0.2, 0.25) is 0 Å². The topological polar surface area (TPSA) is 95.9 Å². The van der Waals surface area contributed by atoms with Gasteiger partial charge in [0.25, 0.3) is 0 Å². The van der Waals surface area contributed by atoms with Crippen LogP contribution >= 0.6 is 0 Å². The quantitative estimate of drug-likeness (QED) is 0.550. The van der Waals surface area contributed by atoms with Crippen LogP contribution in [0.3, 0.4) is 0 Å². The molecule has 3 N–H and O–H groups in total. The number of hydrogen-bond acceptors (Lipinski definition) is 4. The molecule has 6 nitrogen and oxygen atoms in total. The Balaban J connectivity index is 4.07. The van der Waals surface area contributed by atoms with E-state index in [-0.39, 0.29) is 26.2 Å². The molecule has 0 aromatic rings. The Labute approximate surface area is 93.9 Å². The molecule has 0 aromatic heterocycles. The molecule has 0 aliphatic carbocycles. The largest absolute Gasteiger partial charge is 0.481 e. The number of nitrogens with one attached hydrogen (secondary N) is 1. The number of carboxylic acids is 1. The number of aliphatic hydroxyl groups excluding tert-OH is 1. The lowest BCUT2D eigenvalue weighted by Crippen LogP contribution is -2.39. The van der Waals surface area contributed by atoms with Gasteiger partial charge in [-0.3, -0.25) is 4.79 Å². The van der Waals surface area contributed by atoms with Gasteiger partial charge in [-0.2, -0.15) is 0 Å². The third-order valence-electron chi connectivity index (χ3n) is 1.95. The summed E-state index contributed by atoms with van der Waals surface area (Å²) >= 11 is 0. The normalized spacial score (nSPS) is 13.6. The molecule has 0 heterocycles. The number of aliphatic carboxylic acids is 1. The second-order valence-electron chi connectivity index (χ2n) is 3.78. The van der Waals surface area contributed by atoms with Gasteiger partial charge in [-0.05, 0) is 0 Å². The van der Waals surface area contributed by atoms with E-state index in [1.54, 1.807) is 6.92 Å². The third-order valence-corrected chi connectivity index (χ3v) is 1.95. The zero-order valence-corrected chi connectivity index (χ0v) is 9.23. The number of rotatable bonds is 7. The van der Waals surface area contributed by atoms with E-state index in [0.29, 0.717) is 0 Å². The summed E-state index contributed by atoms with van der Waals surface area (Å²) in [5.74, 6) is -1.03. The fourth-order valence-electron chi connectivity index (χ4n) is 1.01. The first kappa shape index (κ1) is 14.4. The van der Waals surface area contributed by atoms with Crippen molar-refractivity contribution in [3.05, 3.63) is 12.7 Å². The summed E-state index contributed by atoms with van der Waals surface area (Å²) in [6.07, 6.45) is 0.526. The monoisotopic (exact) mass is 231 g/mol. The van der Waals surface area contributed by atoms with Crippen molar-refractivity contribution in [1.29, 1.82) is 0 Å². The lowest BCUT2D eigenvalue weighted by atomic mass is 9.88. The lowest BCUT2D eigenvalue weighted by molar-refractivity contribution is -0.140. The molecule has 0 saturated heterocycles. The van der Waals surface area contributed by atoms with Crippen LogP contribution in [-0.4, -0.2) is 42.0 Å². The van der Waals surface area contributed by atoms with Gasteiger partial charge in [-0.15, -0.1) is 0 Å². The molecule has 0 aromatic carbocycles. The molecular weight excluding hydrogens is 214 g/mol. The second kappa shape index (κ2) is 6.84. The molecule has 0 spiro atoms. The van der Waals surface area contributed by atoms with Gasteiger partial charge in [-0.1, -0.05) is 19.6 Å². The van der Waals surface area contributed by atoms with Gasteiger partial charge in [0.1, 0.15) is 6.61 Å². The molecule has 1 unspecified atom stereocenters. The maximum Gasteiger partial charge on any atom is 0.407 e. The molecule has 0 rings (SSSR count). The average molecular weight is 231 g/mol. The van der Waals surface area contributed by atoms with Gasteiger partial charge < -0.3 is 20.3 Å². The summed E-state index contributed by atoms with van der Waals surface area (Å²) in [6, 6.07) is 0. The molecule has 1 atom stereocenters. The van der Waals surface area contributed by atoms with E-state index < -0.39 is 17.5 Å². The van der Waals surface area contributed by atoms with E-state index in [9.17, 15) is 9.59 Å². The minimum Gasteiger partial charge on any atom is -0.481 e. The first-order valence-electron chi connectivity index (χ1n) is 4.78. The Morgan fingerprint density at radius 2 is 2.19 bits per heavy atom. The maximum absolute atomic E-state index is 11.0. The number of alkyl carbamates (subject to hydrolysis) is 1. The highest BCUT2D eigenvalue weighted by molar-refractivity contribution is 5.69. The van der Waals surface area contributed by atoms with Crippen molar-refractivity contribution in [3.8, 4) is 0 Å². The fourth-order valence-corrected chi connectivity index (χ4v) is 1.01. The van der Waals surface area contributed by atoms with Crippen molar-refractivity contribution in [2.24, 2.45) is 5.41 Å². The van der Waals surface area contributed by atoms with Crippen molar-refractivity contribution in [2.45, 2.75) is 13.3 Å². The van der Waals surface area contributed by atoms with Crippen LogP contribution in [0.2, 0.25) is 0 Å². The number of carbonyl (C=O) groups is 2. The fraction of sp³-hybridized carbons (Fsp3) is 0.600. The van der Waals surface area contributed by atoms with Crippen LogP contribution in [-0.2, 0) is 9.53 Å². The summed E-state index contributed by atoms with van der Waals surface area (Å²) in [6.45, 7) is 4.72. The number of amides is 1. The van der Waals surface area contributed by atoms with E-state index >= 15 is 0 Å². The summed E-state index contributed by atoms with van der Waals surface area (Å²) in [7, 11) is 0. The Morgan fingerprint density at radius 3 is 2.62 bits per heavy atom. The lowest BCUT2D eigenvalue weighted by Gasteiger charge is -2.25. The number of hydrogen-bond donors (Lipinski definition) is 3. The van der Waals surface area contributed by atoms with Crippen molar-refractivity contribution in [2.75, 3.05) is 19.8 Å². The SMILES string of the molecule is C=CCOC(=O)NCC(C)(CO)CC(=O)O. The van der Waals surface area contributed by atoms with E-state index in [1.807, 2.05) is 0 Å². The van der Waals surface area contributed by atoms with Gasteiger partial charge >= 0.3 is 12.1 Å². The predicted octanol–water partition coefficient (Wildman–Crippen LogP) is 0.372. The second-order valence-corrected chi connectivity index (χ2v) is 3.78. The van der Waals surface area contributed by atoms with Gasteiger partial charge in [0.05, 0.1) is 13.0 Å². The zero-order chi connectivity index (χ0) is 12.6. The molecule has 0 radical (unpaired) electrons. The number of aliphatic hydroxyl groups is 1. The van der Waals surface area contributed by atoms with E-state index in [1.165, 1.54) is 6.08 Å². The van der Waals surface area contributed by atoms with Gasteiger partial charge in [-0.25, -0.2) is 4.79 Å². The van der Waals surface area contributed by atoms with E-state index in [0.717, 1.165) is 0 Å². The average Bonchev–Trinajstić information content (AvgIpc) is 2.22. The first-order valence-corrected chi connectivity index (χ1v) is 4.78. The molecule has 0 bridgehead atoms. The van der Waals surface area contributed by atoms with E-state index in [4.69, 9.17) is 10.2 Å². The van der Waals surface area contributed by atoms with Crippen LogP contribution < -0.4 is 5.32 Å². The molecule has 0 fully saturated rings. The highest BCUT2D eigenvalue weighted by Gasteiger charge is 2.27. The molecule has 0 aliphatic heterocycles. The van der Waals surface area contributed by atoms with Crippen molar-refractivity contribution in [3.63, 3.8) is 0 Å². The van der Waals surface area contributed by atoms with Crippen LogP contribution in [0.4, 0.5) is 4.79 Å². The number of carbonyl (C=O) groups excluding carboxylic acids is 1. The Hall–Kier alpha value is -1.56. The predicted molar refractivity (Wildman–Crippen MR) is 57.0 cm³/mol. The molecule has 16 heavy (non-hydrogen) atoms. The Bertz CT molecular complexity index is 266. The molecule has 1 amide bonds. The standard InChI is InChI=1S/C10H17NO5/c1-3-4-16-9(15)11-6-10(2,7-12)5-8(13)14/h3,12H,1,4-7H2,2H3,(H,11,15)(H,13,14). The third kappa shape index (κ3) is 6.02. The minimum atomic E-state index is -1.03. The smallest absolute Gasteiger partial charge is 0.407 e. The van der Waals surface area contributed by atoms with Crippen LogP contribution in [0, 0.1) is 5.41 Å². The molecule has 6 heteroatoms. The number of ether oxygens (including phenoxy) is 1. The Kier molecular flexibility index (Phi) is 6.17. The van der Waals surface area contributed by atoms with Crippen LogP contribution in [0.15, 0.2) is 12.7 Å². The van der Waals surface area contributed by atoms with Crippen molar-refractivity contribution >= 4 is 12.1 Å². The summed E-state index contributed by atoms with van der Waals surface area (Å²) in [4.78, 5) is 21.6. The molecule has 92 valence electrons. The van der Waals surface area contributed by atoms with Crippen molar-refractivity contribution in [1.82, 2.24) is 5.32 Å². The summed E-state index contributed by atoms with van der Waals surface area (Å²) < 4.78 is 4.64. The van der Waals surface area contributed by atoms with Crippen molar-refractivity contribution < 1.29 is 24.5 Å².